The van der Waals surface area contributed by atoms with E-state index in [2.05, 4.69) is 5.32 Å². The average Bonchev–Trinajstić information content (AvgIpc) is 2.67. The van der Waals surface area contributed by atoms with Crippen LogP contribution in [0.4, 0.5) is 5.69 Å². The number of hydrogen-bond donors (Lipinski definition) is 1. The summed E-state index contributed by atoms with van der Waals surface area (Å²) in [5.41, 5.74) is 1.20. The first-order valence-electron chi connectivity index (χ1n) is 8.14. The molecule has 27 heavy (non-hydrogen) atoms. The zero-order valence-electron chi connectivity index (χ0n) is 15.4. The number of para-hydroxylation sites is 2. The molecule has 2 aromatic rings. The number of halogens is 1. The van der Waals surface area contributed by atoms with Crippen LogP contribution < -0.4 is 14.8 Å². The third kappa shape index (κ3) is 5.49. The molecule has 2 rings (SSSR count). The first-order valence-corrected chi connectivity index (χ1v) is 8.52. The number of hydrogen-bond acceptors (Lipinski definition) is 4. The van der Waals surface area contributed by atoms with Gasteiger partial charge in [-0.15, -0.1) is 0 Å². The highest BCUT2D eigenvalue weighted by Gasteiger charge is 2.13. The maximum absolute atomic E-state index is 12.3. The Morgan fingerprint density at radius 1 is 1.11 bits per heavy atom. The summed E-state index contributed by atoms with van der Waals surface area (Å²) in [6, 6.07) is 12.3. The van der Waals surface area contributed by atoms with E-state index in [0.29, 0.717) is 27.8 Å². The van der Waals surface area contributed by atoms with Gasteiger partial charge in [0.15, 0.2) is 11.5 Å². The molecule has 0 fully saturated rings. The lowest BCUT2D eigenvalue weighted by atomic mass is 10.1. The van der Waals surface area contributed by atoms with E-state index in [4.69, 9.17) is 21.1 Å². The van der Waals surface area contributed by atoms with Crippen molar-refractivity contribution in [2.24, 2.45) is 0 Å². The first-order chi connectivity index (χ1) is 13.0. The quantitative estimate of drug-likeness (QED) is 0.737. The van der Waals surface area contributed by atoms with Crippen LogP contribution in [-0.4, -0.2) is 44.5 Å². The van der Waals surface area contributed by atoms with Gasteiger partial charge in [-0.05, 0) is 24.3 Å². The highest BCUT2D eigenvalue weighted by Crippen LogP contribution is 2.31. The summed E-state index contributed by atoms with van der Waals surface area (Å²) < 4.78 is 10.6. The van der Waals surface area contributed by atoms with Crippen molar-refractivity contribution < 1.29 is 19.1 Å². The number of benzene rings is 2. The predicted octanol–water partition coefficient (Wildman–Crippen LogP) is 3.47. The maximum atomic E-state index is 12.3. The normalized spacial score (nSPS) is 10.5. The number of likely N-dealkylation sites (N-methyl/N-ethyl adjacent to an activating group) is 1. The molecule has 0 saturated heterocycles. The molecular formula is C20H21ClN2O4. The van der Waals surface area contributed by atoms with E-state index in [1.807, 2.05) is 0 Å². The van der Waals surface area contributed by atoms with Gasteiger partial charge < -0.3 is 19.7 Å². The van der Waals surface area contributed by atoms with Crippen LogP contribution in [0.15, 0.2) is 48.5 Å². The molecule has 142 valence electrons. The zero-order valence-corrected chi connectivity index (χ0v) is 16.1. The smallest absolute Gasteiger partial charge is 0.246 e. The molecule has 0 heterocycles. The standard InChI is InChI=1S/C20H21ClN2O4/c1-23(13-18(24)22-16-9-5-4-8-15(16)21)19(25)12-11-14-7-6-10-17(26-2)20(14)27-3/h4-12H,13H2,1-3H3,(H,22,24)/b12-11+. The van der Waals surface area contributed by atoms with Gasteiger partial charge in [0.2, 0.25) is 11.8 Å². The fourth-order valence-corrected chi connectivity index (χ4v) is 2.56. The minimum absolute atomic E-state index is 0.107. The molecule has 0 unspecified atom stereocenters. The van der Waals surface area contributed by atoms with Crippen molar-refractivity contribution in [3.8, 4) is 11.5 Å². The van der Waals surface area contributed by atoms with Gasteiger partial charge in [-0.3, -0.25) is 9.59 Å². The van der Waals surface area contributed by atoms with Crippen LogP contribution in [0.25, 0.3) is 6.08 Å². The number of rotatable bonds is 7. The second kappa shape index (κ2) is 9.64. The molecule has 0 atom stereocenters. The summed E-state index contributed by atoms with van der Waals surface area (Å²) in [6.45, 7) is -0.107. The Balaban J connectivity index is 2.00. The third-order valence-electron chi connectivity index (χ3n) is 3.74. The molecule has 2 aromatic carbocycles. The van der Waals surface area contributed by atoms with E-state index in [1.54, 1.807) is 62.7 Å². The Morgan fingerprint density at radius 2 is 1.85 bits per heavy atom. The molecule has 0 aliphatic heterocycles. The van der Waals surface area contributed by atoms with Crippen molar-refractivity contribution in [3.05, 3.63) is 59.1 Å². The van der Waals surface area contributed by atoms with Crippen LogP contribution in [0.2, 0.25) is 5.02 Å². The van der Waals surface area contributed by atoms with E-state index >= 15 is 0 Å². The second-order valence-corrected chi connectivity index (χ2v) is 6.05. The van der Waals surface area contributed by atoms with E-state index < -0.39 is 0 Å². The Morgan fingerprint density at radius 3 is 2.52 bits per heavy atom. The average molecular weight is 389 g/mol. The number of nitrogens with one attached hydrogen (secondary N) is 1. The molecular weight excluding hydrogens is 368 g/mol. The first kappa shape index (κ1) is 20.3. The van der Waals surface area contributed by atoms with Crippen molar-refractivity contribution in [2.75, 3.05) is 33.1 Å². The number of carbonyl (C=O) groups is 2. The topological polar surface area (TPSA) is 67.9 Å². The van der Waals surface area contributed by atoms with Crippen molar-refractivity contribution >= 4 is 35.2 Å². The van der Waals surface area contributed by atoms with Gasteiger partial charge in [0.1, 0.15) is 0 Å². The van der Waals surface area contributed by atoms with E-state index in [9.17, 15) is 9.59 Å². The molecule has 0 bridgehead atoms. The Hall–Kier alpha value is -2.99. The maximum Gasteiger partial charge on any atom is 0.246 e. The fraction of sp³-hybridized carbons (Fsp3) is 0.200. The van der Waals surface area contributed by atoms with Gasteiger partial charge in [-0.2, -0.15) is 0 Å². The van der Waals surface area contributed by atoms with Crippen LogP contribution in [0.1, 0.15) is 5.56 Å². The Bertz CT molecular complexity index is 852. The Labute approximate surface area is 163 Å². The second-order valence-electron chi connectivity index (χ2n) is 5.64. The van der Waals surface area contributed by atoms with Crippen molar-refractivity contribution in [1.29, 1.82) is 0 Å². The lowest BCUT2D eigenvalue weighted by Gasteiger charge is -2.15. The number of methoxy groups -OCH3 is 2. The number of anilines is 1. The molecule has 2 amide bonds. The van der Waals surface area contributed by atoms with Crippen molar-refractivity contribution in [3.63, 3.8) is 0 Å². The van der Waals surface area contributed by atoms with Gasteiger partial charge in [-0.25, -0.2) is 0 Å². The SMILES string of the molecule is COc1cccc(/C=C/C(=O)N(C)CC(=O)Nc2ccccc2Cl)c1OC. The van der Waals surface area contributed by atoms with E-state index in [1.165, 1.54) is 18.1 Å². The molecule has 1 N–H and O–H groups in total. The third-order valence-corrected chi connectivity index (χ3v) is 4.07. The minimum Gasteiger partial charge on any atom is -0.493 e. The molecule has 0 spiro atoms. The Kier molecular flexibility index (Phi) is 7.25. The van der Waals surface area contributed by atoms with E-state index in [0.717, 1.165) is 0 Å². The molecule has 6 nitrogen and oxygen atoms in total. The van der Waals surface area contributed by atoms with Gasteiger partial charge in [-0.1, -0.05) is 35.9 Å². The highest BCUT2D eigenvalue weighted by atomic mass is 35.5. The summed E-state index contributed by atoms with van der Waals surface area (Å²) in [5.74, 6) is 0.434. The molecule has 0 saturated carbocycles. The van der Waals surface area contributed by atoms with Gasteiger partial charge in [0, 0.05) is 18.7 Å². The molecule has 0 aromatic heterocycles. The molecule has 7 heteroatoms. The summed E-state index contributed by atoms with van der Waals surface area (Å²) in [4.78, 5) is 25.7. The largest absolute Gasteiger partial charge is 0.493 e. The van der Waals surface area contributed by atoms with Crippen molar-refractivity contribution in [2.45, 2.75) is 0 Å². The predicted molar refractivity (Wildman–Crippen MR) is 106 cm³/mol. The van der Waals surface area contributed by atoms with Gasteiger partial charge in [0.25, 0.3) is 0 Å². The molecule has 0 aliphatic carbocycles. The minimum atomic E-state index is -0.341. The van der Waals surface area contributed by atoms with Crippen LogP contribution in [-0.2, 0) is 9.59 Å². The number of ether oxygens (including phenoxy) is 2. The zero-order chi connectivity index (χ0) is 19.8. The van der Waals surface area contributed by atoms with Crippen molar-refractivity contribution in [1.82, 2.24) is 4.90 Å². The van der Waals surface area contributed by atoms with Crippen LogP contribution >= 0.6 is 11.6 Å². The van der Waals surface area contributed by atoms with Gasteiger partial charge in [0.05, 0.1) is 31.5 Å². The van der Waals surface area contributed by atoms with Crippen LogP contribution in [0.3, 0.4) is 0 Å². The lowest BCUT2D eigenvalue weighted by molar-refractivity contribution is -0.129. The highest BCUT2D eigenvalue weighted by molar-refractivity contribution is 6.33. The fourth-order valence-electron chi connectivity index (χ4n) is 2.38. The van der Waals surface area contributed by atoms with E-state index in [-0.39, 0.29) is 18.4 Å². The lowest BCUT2D eigenvalue weighted by Crippen LogP contribution is -2.33. The van der Waals surface area contributed by atoms with Crippen LogP contribution in [0, 0.1) is 0 Å². The summed E-state index contributed by atoms with van der Waals surface area (Å²) in [7, 11) is 4.62. The number of amides is 2. The summed E-state index contributed by atoms with van der Waals surface area (Å²) in [6.07, 6.45) is 2.99. The van der Waals surface area contributed by atoms with Crippen LogP contribution in [0.5, 0.6) is 11.5 Å². The van der Waals surface area contributed by atoms with Gasteiger partial charge >= 0.3 is 0 Å². The summed E-state index contributed by atoms with van der Waals surface area (Å²) in [5, 5.41) is 3.11. The summed E-state index contributed by atoms with van der Waals surface area (Å²) >= 11 is 6.01. The number of nitrogens with zero attached hydrogens (tertiary/aromatic N) is 1. The number of carbonyl (C=O) groups excluding carboxylic acids is 2. The molecule has 0 aliphatic rings. The molecule has 0 radical (unpaired) electrons. The monoisotopic (exact) mass is 388 g/mol.